The average molecular weight is 516 g/mol. The van der Waals surface area contributed by atoms with Gasteiger partial charge >= 0.3 is 0 Å². The average Bonchev–Trinajstić information content (AvgIpc) is 2.90. The molecule has 0 atom stereocenters. The second-order valence-corrected chi connectivity index (χ2v) is 8.05. The Balaban J connectivity index is 1.95. The van der Waals surface area contributed by atoms with Gasteiger partial charge in [-0.1, -0.05) is 11.6 Å². The van der Waals surface area contributed by atoms with Gasteiger partial charge in [-0.15, -0.1) is 0 Å². The number of benzene rings is 2. The number of hydrogen-bond donors (Lipinski definition) is 0. The van der Waals surface area contributed by atoms with Crippen LogP contribution >= 0.6 is 46.0 Å². The van der Waals surface area contributed by atoms with E-state index in [9.17, 15) is 9.59 Å². The number of hydrogen-bond acceptors (Lipinski definition) is 5. The van der Waals surface area contributed by atoms with Crippen LogP contribution in [0.25, 0.3) is 6.08 Å². The van der Waals surface area contributed by atoms with E-state index in [-0.39, 0.29) is 11.1 Å². The smallest absolute Gasteiger partial charge is 0.298 e. The van der Waals surface area contributed by atoms with E-state index < -0.39 is 0 Å². The summed E-state index contributed by atoms with van der Waals surface area (Å²) in [7, 11) is 1.58. The van der Waals surface area contributed by atoms with Gasteiger partial charge in [0, 0.05) is 5.02 Å². The van der Waals surface area contributed by atoms with Gasteiger partial charge in [-0.05, 0) is 89.3 Å². The van der Waals surface area contributed by atoms with E-state index in [0.717, 1.165) is 25.8 Å². The minimum Gasteiger partial charge on any atom is -0.492 e. The molecule has 3 rings (SSSR count). The van der Waals surface area contributed by atoms with Gasteiger partial charge in [0.2, 0.25) is 0 Å². The quantitative estimate of drug-likeness (QED) is 0.384. The molecule has 0 aliphatic carbocycles. The van der Waals surface area contributed by atoms with E-state index in [4.69, 9.17) is 21.1 Å². The Bertz CT molecular complexity index is 930. The standard InChI is InChI=1S/C19H15ClINO4S/c1-3-26-15-9-11(8-14(21)17(15)25-2)10-16-18(23)22(19(24)27-16)13-6-4-12(20)5-7-13/h4-10H,3H2,1-2H3. The number of anilines is 1. The first-order chi connectivity index (χ1) is 12.9. The molecule has 0 spiro atoms. The van der Waals surface area contributed by atoms with Crippen molar-refractivity contribution in [3.8, 4) is 11.5 Å². The number of amides is 2. The summed E-state index contributed by atoms with van der Waals surface area (Å²) < 4.78 is 11.9. The highest BCUT2D eigenvalue weighted by molar-refractivity contribution is 14.1. The van der Waals surface area contributed by atoms with Crippen molar-refractivity contribution < 1.29 is 19.1 Å². The van der Waals surface area contributed by atoms with Gasteiger partial charge in [-0.3, -0.25) is 9.59 Å². The molecule has 1 aliphatic heterocycles. The maximum atomic E-state index is 12.7. The lowest BCUT2D eigenvalue weighted by molar-refractivity contribution is -0.113. The number of carbonyl (C=O) groups is 2. The van der Waals surface area contributed by atoms with Crippen LogP contribution < -0.4 is 14.4 Å². The molecule has 2 amide bonds. The molecular formula is C19H15ClINO4S. The largest absolute Gasteiger partial charge is 0.492 e. The Hall–Kier alpha value is -1.71. The molecule has 140 valence electrons. The maximum absolute atomic E-state index is 12.7. The molecule has 1 heterocycles. The van der Waals surface area contributed by atoms with Crippen LogP contribution in [0.2, 0.25) is 5.02 Å². The van der Waals surface area contributed by atoms with Crippen molar-refractivity contribution in [2.75, 3.05) is 18.6 Å². The van der Waals surface area contributed by atoms with Crippen LogP contribution in [0.1, 0.15) is 12.5 Å². The zero-order valence-electron chi connectivity index (χ0n) is 14.5. The first-order valence-electron chi connectivity index (χ1n) is 7.98. The predicted molar refractivity (Wildman–Crippen MR) is 117 cm³/mol. The topological polar surface area (TPSA) is 55.8 Å². The van der Waals surface area contributed by atoms with E-state index in [1.54, 1.807) is 43.5 Å². The van der Waals surface area contributed by atoms with Crippen LogP contribution in [0, 0.1) is 3.57 Å². The van der Waals surface area contributed by atoms with Gasteiger partial charge in [0.05, 0.1) is 27.9 Å². The Labute approximate surface area is 179 Å². The third-order valence-corrected chi connectivity index (χ3v) is 5.63. The monoisotopic (exact) mass is 515 g/mol. The molecule has 8 heteroatoms. The van der Waals surface area contributed by atoms with Gasteiger partial charge in [0.1, 0.15) is 0 Å². The van der Waals surface area contributed by atoms with Gasteiger partial charge in [0.25, 0.3) is 11.1 Å². The van der Waals surface area contributed by atoms with Crippen molar-refractivity contribution in [2.45, 2.75) is 6.92 Å². The Kier molecular flexibility index (Phi) is 6.33. The first-order valence-corrected chi connectivity index (χ1v) is 10.3. The van der Waals surface area contributed by atoms with Crippen LogP contribution in [-0.2, 0) is 4.79 Å². The van der Waals surface area contributed by atoms with Crippen molar-refractivity contribution in [1.29, 1.82) is 0 Å². The highest BCUT2D eigenvalue weighted by Gasteiger charge is 2.36. The van der Waals surface area contributed by atoms with Gasteiger partial charge < -0.3 is 9.47 Å². The first kappa shape index (κ1) is 20.0. The molecule has 0 saturated carbocycles. The Morgan fingerprint density at radius 1 is 1.22 bits per heavy atom. The van der Waals surface area contributed by atoms with E-state index in [2.05, 4.69) is 22.6 Å². The highest BCUT2D eigenvalue weighted by atomic mass is 127. The molecule has 5 nitrogen and oxygen atoms in total. The van der Waals surface area contributed by atoms with Crippen LogP contribution in [0.15, 0.2) is 41.3 Å². The summed E-state index contributed by atoms with van der Waals surface area (Å²) >= 11 is 8.93. The van der Waals surface area contributed by atoms with E-state index >= 15 is 0 Å². The summed E-state index contributed by atoms with van der Waals surface area (Å²) in [4.78, 5) is 26.6. The highest BCUT2D eigenvalue weighted by Crippen LogP contribution is 2.38. The molecule has 0 N–H and O–H groups in total. The fourth-order valence-corrected chi connectivity index (χ4v) is 4.38. The third kappa shape index (κ3) is 4.25. The van der Waals surface area contributed by atoms with E-state index in [1.165, 1.54) is 0 Å². The number of carbonyl (C=O) groups excluding carboxylic acids is 2. The number of ether oxygens (including phenoxy) is 2. The molecule has 1 fully saturated rings. The summed E-state index contributed by atoms with van der Waals surface area (Å²) in [6.45, 7) is 2.37. The Morgan fingerprint density at radius 3 is 2.56 bits per heavy atom. The normalized spacial score (nSPS) is 15.6. The van der Waals surface area contributed by atoms with Crippen LogP contribution in [0.3, 0.4) is 0 Å². The van der Waals surface area contributed by atoms with E-state index in [1.807, 2.05) is 13.0 Å². The van der Waals surface area contributed by atoms with Crippen molar-refractivity contribution in [1.82, 2.24) is 0 Å². The zero-order valence-corrected chi connectivity index (χ0v) is 18.2. The summed E-state index contributed by atoms with van der Waals surface area (Å²) in [6, 6.07) is 10.2. The fourth-order valence-electron chi connectivity index (χ4n) is 2.56. The molecule has 1 saturated heterocycles. The lowest BCUT2D eigenvalue weighted by Crippen LogP contribution is -2.27. The molecule has 27 heavy (non-hydrogen) atoms. The molecule has 0 aromatic heterocycles. The zero-order chi connectivity index (χ0) is 19.6. The van der Waals surface area contributed by atoms with Crippen molar-refractivity contribution in [3.63, 3.8) is 0 Å². The lowest BCUT2D eigenvalue weighted by atomic mass is 10.1. The summed E-state index contributed by atoms with van der Waals surface area (Å²) in [5.74, 6) is 0.870. The number of imide groups is 1. The molecule has 1 aliphatic rings. The third-order valence-electron chi connectivity index (χ3n) is 3.71. The van der Waals surface area contributed by atoms with Crippen molar-refractivity contribution >= 4 is 68.9 Å². The minimum absolute atomic E-state index is 0.346. The van der Waals surface area contributed by atoms with Crippen molar-refractivity contribution in [3.05, 3.63) is 55.5 Å². The lowest BCUT2D eigenvalue weighted by Gasteiger charge is -2.13. The summed E-state index contributed by atoms with van der Waals surface area (Å²) in [5.41, 5.74) is 1.25. The second-order valence-electron chi connectivity index (χ2n) is 5.46. The van der Waals surface area contributed by atoms with Gasteiger partial charge in [-0.25, -0.2) is 4.90 Å². The summed E-state index contributed by atoms with van der Waals surface area (Å²) in [5, 5.41) is 0.194. The number of rotatable bonds is 5. The van der Waals surface area contributed by atoms with E-state index in [0.29, 0.717) is 33.7 Å². The number of halogens is 2. The van der Waals surface area contributed by atoms with Crippen molar-refractivity contribution in [2.24, 2.45) is 0 Å². The SMILES string of the molecule is CCOc1cc(C=C2SC(=O)N(c3ccc(Cl)cc3)C2=O)cc(I)c1OC. The Morgan fingerprint density at radius 2 is 1.93 bits per heavy atom. The molecule has 0 unspecified atom stereocenters. The second kappa shape index (κ2) is 8.53. The van der Waals surface area contributed by atoms with Gasteiger partial charge in [0.15, 0.2) is 11.5 Å². The molecule has 0 radical (unpaired) electrons. The van der Waals surface area contributed by atoms with Crippen LogP contribution in [0.4, 0.5) is 10.5 Å². The minimum atomic E-state index is -0.365. The van der Waals surface area contributed by atoms with Gasteiger partial charge in [-0.2, -0.15) is 0 Å². The fraction of sp³-hybridized carbons (Fsp3) is 0.158. The molecule has 0 bridgehead atoms. The molecule has 2 aromatic carbocycles. The molecular weight excluding hydrogens is 501 g/mol. The maximum Gasteiger partial charge on any atom is 0.298 e. The molecule has 2 aromatic rings. The van der Waals surface area contributed by atoms with Crippen LogP contribution in [-0.4, -0.2) is 24.9 Å². The van der Waals surface area contributed by atoms with Crippen LogP contribution in [0.5, 0.6) is 11.5 Å². The number of thioether (sulfide) groups is 1. The number of methoxy groups -OCH3 is 1. The predicted octanol–water partition coefficient (Wildman–Crippen LogP) is 5.59. The number of nitrogens with zero attached hydrogens (tertiary/aromatic N) is 1. The summed E-state index contributed by atoms with van der Waals surface area (Å²) in [6.07, 6.45) is 1.69.